The number of piperidine rings is 1. The van der Waals surface area contributed by atoms with Gasteiger partial charge >= 0.3 is 11.9 Å². The van der Waals surface area contributed by atoms with Crippen molar-refractivity contribution < 1.29 is 19.1 Å². The van der Waals surface area contributed by atoms with Crippen molar-refractivity contribution in [1.82, 2.24) is 4.90 Å². The van der Waals surface area contributed by atoms with E-state index in [4.69, 9.17) is 21.1 Å². The normalized spacial score (nSPS) is 28.6. The number of esters is 2. The van der Waals surface area contributed by atoms with Crippen molar-refractivity contribution in [1.29, 1.82) is 0 Å². The van der Waals surface area contributed by atoms with Crippen molar-refractivity contribution in [3.8, 4) is 0 Å². The largest absolute Gasteiger partial charge is 0.469 e. The predicted octanol–water partition coefficient (Wildman–Crippen LogP) is 3.01. The third-order valence-corrected chi connectivity index (χ3v) is 5.89. The van der Waals surface area contributed by atoms with Gasteiger partial charge in [0.15, 0.2) is 0 Å². The molecule has 4 unspecified atom stereocenters. The zero-order chi connectivity index (χ0) is 18.0. The first-order valence-corrected chi connectivity index (χ1v) is 9.08. The maximum absolute atomic E-state index is 12.6. The molecule has 1 aromatic rings. The SMILES string of the molecule is COC(=O)CCN1C2CCC1C(C(=O)OC)C(c1ccc(Cl)cc1)C2. The first-order chi connectivity index (χ1) is 12.0. The molecule has 2 saturated heterocycles. The molecule has 2 bridgehead atoms. The van der Waals surface area contributed by atoms with E-state index in [1.807, 2.05) is 24.3 Å². The highest BCUT2D eigenvalue weighted by molar-refractivity contribution is 6.30. The summed E-state index contributed by atoms with van der Waals surface area (Å²) in [7, 11) is 2.85. The minimum Gasteiger partial charge on any atom is -0.469 e. The molecule has 2 aliphatic rings. The Morgan fingerprint density at radius 1 is 1.16 bits per heavy atom. The van der Waals surface area contributed by atoms with Crippen LogP contribution < -0.4 is 0 Å². The zero-order valence-electron chi connectivity index (χ0n) is 14.6. The van der Waals surface area contributed by atoms with E-state index < -0.39 is 0 Å². The maximum atomic E-state index is 12.6. The number of benzene rings is 1. The molecule has 0 spiro atoms. The second-order valence-corrected chi connectivity index (χ2v) is 7.24. The molecule has 6 heteroatoms. The van der Waals surface area contributed by atoms with Crippen molar-refractivity contribution in [2.75, 3.05) is 20.8 Å². The molecule has 1 aromatic carbocycles. The molecule has 5 nitrogen and oxygen atoms in total. The second kappa shape index (κ2) is 7.75. The summed E-state index contributed by atoms with van der Waals surface area (Å²) in [6, 6.07) is 8.25. The molecule has 0 N–H and O–H groups in total. The van der Waals surface area contributed by atoms with Crippen LogP contribution in [0, 0.1) is 5.92 Å². The molecule has 0 amide bonds. The Labute approximate surface area is 153 Å². The quantitative estimate of drug-likeness (QED) is 0.751. The van der Waals surface area contributed by atoms with E-state index in [1.54, 1.807) is 0 Å². The van der Waals surface area contributed by atoms with E-state index in [9.17, 15) is 9.59 Å². The van der Waals surface area contributed by atoms with Crippen LogP contribution in [-0.4, -0.2) is 49.7 Å². The molecule has 3 rings (SSSR count). The fraction of sp³-hybridized carbons (Fsp3) is 0.579. The lowest BCUT2D eigenvalue weighted by Crippen LogP contribution is -2.51. The van der Waals surface area contributed by atoms with Gasteiger partial charge in [-0.15, -0.1) is 0 Å². The molecule has 2 aliphatic heterocycles. The topological polar surface area (TPSA) is 55.8 Å². The van der Waals surface area contributed by atoms with Gasteiger partial charge in [-0.1, -0.05) is 23.7 Å². The van der Waals surface area contributed by atoms with E-state index in [0.29, 0.717) is 24.0 Å². The lowest BCUT2D eigenvalue weighted by Gasteiger charge is -2.43. The lowest BCUT2D eigenvalue weighted by atomic mass is 9.76. The fourth-order valence-electron chi connectivity index (χ4n) is 4.49. The average Bonchev–Trinajstić information content (AvgIpc) is 2.91. The molecule has 2 heterocycles. The Kier molecular flexibility index (Phi) is 5.64. The van der Waals surface area contributed by atoms with Gasteiger partial charge < -0.3 is 9.47 Å². The van der Waals surface area contributed by atoms with Crippen molar-refractivity contribution in [3.05, 3.63) is 34.9 Å². The van der Waals surface area contributed by atoms with Gasteiger partial charge in [-0.25, -0.2) is 0 Å². The molecule has 4 atom stereocenters. The van der Waals surface area contributed by atoms with Crippen LogP contribution in [0.1, 0.15) is 37.2 Å². The van der Waals surface area contributed by atoms with E-state index >= 15 is 0 Å². The summed E-state index contributed by atoms with van der Waals surface area (Å²) in [4.78, 5) is 26.4. The number of methoxy groups -OCH3 is 2. The summed E-state index contributed by atoms with van der Waals surface area (Å²) in [6.45, 7) is 0.628. The number of carbonyl (C=O) groups is 2. The van der Waals surface area contributed by atoms with Crippen LogP contribution in [0.2, 0.25) is 5.02 Å². The van der Waals surface area contributed by atoms with Crippen molar-refractivity contribution in [3.63, 3.8) is 0 Å². The predicted molar refractivity (Wildman–Crippen MR) is 94.5 cm³/mol. The standard InChI is InChI=1S/C19H24ClNO4/c1-24-17(22)9-10-21-14-7-8-16(21)18(19(23)25-2)15(11-14)12-3-5-13(20)6-4-12/h3-6,14-16,18H,7-11H2,1-2H3. The van der Waals surface area contributed by atoms with Crippen molar-refractivity contribution >= 4 is 23.5 Å². The zero-order valence-corrected chi connectivity index (χ0v) is 15.4. The molecule has 0 radical (unpaired) electrons. The third-order valence-electron chi connectivity index (χ3n) is 5.64. The van der Waals surface area contributed by atoms with Gasteiger partial charge in [-0.05, 0) is 37.0 Å². The van der Waals surface area contributed by atoms with Crippen LogP contribution in [0.4, 0.5) is 0 Å². The number of carbonyl (C=O) groups excluding carboxylic acids is 2. The van der Waals surface area contributed by atoms with Crippen LogP contribution in [0.25, 0.3) is 0 Å². The number of rotatable bonds is 5. The highest BCUT2D eigenvalue weighted by Gasteiger charge is 2.50. The molecule has 25 heavy (non-hydrogen) atoms. The molecular formula is C19H24ClNO4. The molecule has 0 saturated carbocycles. The lowest BCUT2D eigenvalue weighted by molar-refractivity contribution is -0.150. The Morgan fingerprint density at radius 3 is 2.52 bits per heavy atom. The number of nitrogens with zero attached hydrogens (tertiary/aromatic N) is 1. The molecule has 2 fully saturated rings. The first kappa shape index (κ1) is 18.2. The highest BCUT2D eigenvalue weighted by Crippen LogP contribution is 2.47. The minimum absolute atomic E-state index is 0.108. The van der Waals surface area contributed by atoms with Crippen LogP contribution in [0.3, 0.4) is 0 Å². The fourth-order valence-corrected chi connectivity index (χ4v) is 4.62. The van der Waals surface area contributed by atoms with Gasteiger partial charge in [0.2, 0.25) is 0 Å². The third kappa shape index (κ3) is 3.67. The number of hydrogen-bond donors (Lipinski definition) is 0. The molecular weight excluding hydrogens is 342 g/mol. The Hall–Kier alpha value is -1.59. The monoisotopic (exact) mass is 365 g/mol. The molecule has 0 aromatic heterocycles. The van der Waals surface area contributed by atoms with Gasteiger partial charge in [0, 0.05) is 29.6 Å². The summed E-state index contributed by atoms with van der Waals surface area (Å²) in [6.07, 6.45) is 3.24. The van der Waals surface area contributed by atoms with Crippen molar-refractivity contribution in [2.45, 2.75) is 43.7 Å². The van der Waals surface area contributed by atoms with Crippen LogP contribution in [0.15, 0.2) is 24.3 Å². The molecule has 136 valence electrons. The van der Waals surface area contributed by atoms with Crippen LogP contribution in [0.5, 0.6) is 0 Å². The number of fused-ring (bicyclic) bond motifs is 2. The Morgan fingerprint density at radius 2 is 1.88 bits per heavy atom. The smallest absolute Gasteiger partial charge is 0.310 e. The number of hydrogen-bond acceptors (Lipinski definition) is 5. The van der Waals surface area contributed by atoms with E-state index in [-0.39, 0.29) is 29.8 Å². The highest BCUT2D eigenvalue weighted by atomic mass is 35.5. The summed E-state index contributed by atoms with van der Waals surface area (Å²) < 4.78 is 9.89. The summed E-state index contributed by atoms with van der Waals surface area (Å²) in [5.41, 5.74) is 1.13. The Balaban J connectivity index is 1.84. The van der Waals surface area contributed by atoms with E-state index in [1.165, 1.54) is 14.2 Å². The minimum atomic E-state index is -0.220. The van der Waals surface area contributed by atoms with Gasteiger partial charge in [0.1, 0.15) is 0 Å². The van der Waals surface area contributed by atoms with Gasteiger partial charge in [0.25, 0.3) is 0 Å². The summed E-state index contributed by atoms with van der Waals surface area (Å²) in [5, 5.41) is 0.692. The van der Waals surface area contributed by atoms with E-state index in [2.05, 4.69) is 4.90 Å². The van der Waals surface area contributed by atoms with Crippen molar-refractivity contribution in [2.24, 2.45) is 5.92 Å². The van der Waals surface area contributed by atoms with Crippen LogP contribution >= 0.6 is 11.6 Å². The summed E-state index contributed by atoms with van der Waals surface area (Å²) in [5.74, 6) is -0.485. The number of ether oxygens (including phenoxy) is 2. The Bertz CT molecular complexity index is 633. The second-order valence-electron chi connectivity index (χ2n) is 6.81. The van der Waals surface area contributed by atoms with Gasteiger partial charge in [0.05, 0.1) is 26.6 Å². The average molecular weight is 366 g/mol. The van der Waals surface area contributed by atoms with Gasteiger partial charge in [-0.3, -0.25) is 14.5 Å². The maximum Gasteiger partial charge on any atom is 0.310 e. The molecule has 0 aliphatic carbocycles. The van der Waals surface area contributed by atoms with Gasteiger partial charge in [-0.2, -0.15) is 0 Å². The number of halogens is 1. The van der Waals surface area contributed by atoms with E-state index in [0.717, 1.165) is 24.8 Å². The van der Waals surface area contributed by atoms with Crippen LogP contribution in [-0.2, 0) is 19.1 Å². The summed E-state index contributed by atoms with van der Waals surface area (Å²) >= 11 is 6.01. The first-order valence-electron chi connectivity index (χ1n) is 8.71.